The summed E-state index contributed by atoms with van der Waals surface area (Å²) < 4.78 is 27.9. The summed E-state index contributed by atoms with van der Waals surface area (Å²) in [5.41, 5.74) is -1.18. The van der Waals surface area contributed by atoms with Gasteiger partial charge in [0.05, 0.1) is 0 Å². The standard InChI is InChI=1S/C22H23F2N3O3/c1-14(2)26(12-15-7-5-4-6-8-15)19(28)13-27-20(29)22(3,25-21(27)30)17-11-16(23)9-10-18(17)24/h4-11,14H,12-13H2,1-3H3,(H,25,30)/t22-/m0/s1. The van der Waals surface area contributed by atoms with Gasteiger partial charge >= 0.3 is 6.03 Å². The van der Waals surface area contributed by atoms with Crippen LogP contribution in [0.1, 0.15) is 31.9 Å². The minimum atomic E-state index is -1.80. The van der Waals surface area contributed by atoms with Crippen LogP contribution in [-0.4, -0.2) is 40.2 Å². The molecule has 1 saturated heterocycles. The van der Waals surface area contributed by atoms with Gasteiger partial charge in [-0.3, -0.25) is 14.5 Å². The summed E-state index contributed by atoms with van der Waals surface area (Å²) in [6, 6.07) is 11.0. The number of urea groups is 1. The van der Waals surface area contributed by atoms with Crippen LogP contribution in [-0.2, 0) is 21.7 Å². The topological polar surface area (TPSA) is 69.7 Å². The first kappa shape index (κ1) is 21.4. The SMILES string of the molecule is CC(C)N(Cc1ccccc1)C(=O)CN1C(=O)N[C@@](C)(c2cc(F)ccc2F)C1=O. The summed E-state index contributed by atoms with van der Waals surface area (Å²) in [5, 5.41) is 2.40. The molecular formula is C22H23F2N3O3. The number of nitrogens with zero attached hydrogens (tertiary/aromatic N) is 2. The predicted octanol–water partition coefficient (Wildman–Crippen LogP) is 3.17. The summed E-state index contributed by atoms with van der Waals surface area (Å²) in [7, 11) is 0. The normalized spacial score (nSPS) is 18.7. The molecule has 4 amide bonds. The fourth-order valence-corrected chi connectivity index (χ4v) is 3.47. The van der Waals surface area contributed by atoms with Crippen molar-refractivity contribution in [3.8, 4) is 0 Å². The number of hydrogen-bond acceptors (Lipinski definition) is 3. The summed E-state index contributed by atoms with van der Waals surface area (Å²) >= 11 is 0. The van der Waals surface area contributed by atoms with E-state index >= 15 is 0 Å². The number of rotatable bonds is 6. The van der Waals surface area contributed by atoms with Gasteiger partial charge in [0.1, 0.15) is 23.7 Å². The quantitative estimate of drug-likeness (QED) is 0.737. The number of imide groups is 1. The first-order valence-electron chi connectivity index (χ1n) is 9.56. The second kappa shape index (κ2) is 8.22. The van der Waals surface area contributed by atoms with Crippen molar-refractivity contribution in [3.05, 3.63) is 71.3 Å². The Balaban J connectivity index is 1.82. The number of amides is 4. The maximum atomic E-state index is 14.3. The Labute approximate surface area is 173 Å². The molecule has 0 radical (unpaired) electrons. The van der Waals surface area contributed by atoms with Crippen LogP contribution < -0.4 is 5.32 Å². The highest BCUT2D eigenvalue weighted by Crippen LogP contribution is 2.31. The number of nitrogens with one attached hydrogen (secondary N) is 1. The molecular weight excluding hydrogens is 392 g/mol. The minimum Gasteiger partial charge on any atom is -0.334 e. The molecule has 1 aliphatic rings. The Bertz CT molecular complexity index is 981. The average molecular weight is 415 g/mol. The second-order valence-corrected chi connectivity index (χ2v) is 7.67. The van der Waals surface area contributed by atoms with Crippen LogP contribution in [0, 0.1) is 11.6 Å². The number of carbonyl (C=O) groups is 3. The molecule has 1 aliphatic heterocycles. The van der Waals surface area contributed by atoms with Crippen LogP contribution in [0.4, 0.5) is 13.6 Å². The van der Waals surface area contributed by atoms with Crippen LogP contribution in [0.15, 0.2) is 48.5 Å². The third-order valence-electron chi connectivity index (χ3n) is 5.17. The molecule has 1 atom stereocenters. The van der Waals surface area contributed by atoms with E-state index in [1.54, 1.807) is 4.90 Å². The van der Waals surface area contributed by atoms with Gasteiger partial charge in [-0.05, 0) is 44.5 Å². The van der Waals surface area contributed by atoms with Gasteiger partial charge in [0.15, 0.2) is 0 Å². The zero-order valence-corrected chi connectivity index (χ0v) is 17.0. The molecule has 0 aromatic heterocycles. The van der Waals surface area contributed by atoms with Crippen molar-refractivity contribution in [2.45, 2.75) is 38.9 Å². The maximum absolute atomic E-state index is 14.3. The van der Waals surface area contributed by atoms with E-state index in [4.69, 9.17) is 0 Å². The summed E-state index contributed by atoms with van der Waals surface area (Å²) in [6.45, 7) is 4.77. The molecule has 158 valence electrons. The molecule has 6 nitrogen and oxygen atoms in total. The maximum Gasteiger partial charge on any atom is 0.325 e. The van der Waals surface area contributed by atoms with Crippen molar-refractivity contribution in [2.24, 2.45) is 0 Å². The Kier molecular flexibility index (Phi) is 5.87. The van der Waals surface area contributed by atoms with E-state index in [1.807, 2.05) is 44.2 Å². The van der Waals surface area contributed by atoms with Crippen LogP contribution >= 0.6 is 0 Å². The zero-order valence-electron chi connectivity index (χ0n) is 17.0. The van der Waals surface area contributed by atoms with E-state index in [0.29, 0.717) is 6.54 Å². The lowest BCUT2D eigenvalue weighted by Crippen LogP contribution is -2.46. The molecule has 0 spiro atoms. The smallest absolute Gasteiger partial charge is 0.325 e. The molecule has 0 aliphatic carbocycles. The highest BCUT2D eigenvalue weighted by Gasteiger charge is 2.51. The molecule has 8 heteroatoms. The molecule has 30 heavy (non-hydrogen) atoms. The van der Waals surface area contributed by atoms with E-state index in [2.05, 4.69) is 5.32 Å². The molecule has 2 aromatic rings. The first-order valence-corrected chi connectivity index (χ1v) is 9.56. The average Bonchev–Trinajstić information content (AvgIpc) is 2.92. The van der Waals surface area contributed by atoms with Gasteiger partial charge in [-0.2, -0.15) is 0 Å². The van der Waals surface area contributed by atoms with E-state index in [-0.39, 0.29) is 11.6 Å². The van der Waals surface area contributed by atoms with E-state index < -0.39 is 41.6 Å². The number of carbonyl (C=O) groups excluding carboxylic acids is 3. The molecule has 0 unspecified atom stereocenters. The first-order chi connectivity index (χ1) is 14.1. The molecule has 0 bridgehead atoms. The zero-order chi connectivity index (χ0) is 22.1. The van der Waals surface area contributed by atoms with Crippen molar-refractivity contribution in [1.82, 2.24) is 15.1 Å². The lowest BCUT2D eigenvalue weighted by atomic mass is 9.91. The van der Waals surface area contributed by atoms with E-state index in [0.717, 1.165) is 28.7 Å². The molecule has 1 heterocycles. The van der Waals surface area contributed by atoms with Crippen molar-refractivity contribution < 1.29 is 23.2 Å². The third-order valence-corrected chi connectivity index (χ3v) is 5.17. The van der Waals surface area contributed by atoms with Gasteiger partial charge in [-0.25, -0.2) is 13.6 Å². The molecule has 2 aromatic carbocycles. The molecule has 1 fully saturated rings. The van der Waals surface area contributed by atoms with Gasteiger partial charge in [0, 0.05) is 18.2 Å². The highest BCUT2D eigenvalue weighted by atomic mass is 19.1. The van der Waals surface area contributed by atoms with Crippen molar-refractivity contribution in [2.75, 3.05) is 6.54 Å². The molecule has 3 rings (SSSR count). The molecule has 0 saturated carbocycles. The fourth-order valence-electron chi connectivity index (χ4n) is 3.47. The summed E-state index contributed by atoms with van der Waals surface area (Å²) in [4.78, 5) is 40.6. The van der Waals surface area contributed by atoms with Gasteiger partial charge < -0.3 is 10.2 Å². The highest BCUT2D eigenvalue weighted by molar-refractivity contribution is 6.09. The van der Waals surface area contributed by atoms with Crippen LogP contribution in [0.2, 0.25) is 0 Å². The number of hydrogen-bond donors (Lipinski definition) is 1. The third kappa shape index (κ3) is 4.03. The predicted molar refractivity (Wildman–Crippen MR) is 106 cm³/mol. The summed E-state index contributed by atoms with van der Waals surface area (Å²) in [5.74, 6) is -2.80. The number of benzene rings is 2. The lowest BCUT2D eigenvalue weighted by molar-refractivity contribution is -0.140. The Morgan fingerprint density at radius 2 is 1.80 bits per heavy atom. The fraction of sp³-hybridized carbons (Fsp3) is 0.318. The van der Waals surface area contributed by atoms with Crippen molar-refractivity contribution in [1.29, 1.82) is 0 Å². The molecule has 1 N–H and O–H groups in total. The Morgan fingerprint density at radius 1 is 1.13 bits per heavy atom. The van der Waals surface area contributed by atoms with Crippen molar-refractivity contribution >= 4 is 17.8 Å². The second-order valence-electron chi connectivity index (χ2n) is 7.67. The van der Waals surface area contributed by atoms with E-state index in [9.17, 15) is 23.2 Å². The number of halogens is 2. The summed E-state index contributed by atoms with van der Waals surface area (Å²) in [6.07, 6.45) is 0. The van der Waals surface area contributed by atoms with Gasteiger partial charge in [0.2, 0.25) is 5.91 Å². The van der Waals surface area contributed by atoms with Crippen LogP contribution in [0.5, 0.6) is 0 Å². The Hall–Kier alpha value is -3.29. The Morgan fingerprint density at radius 3 is 2.43 bits per heavy atom. The van der Waals surface area contributed by atoms with Gasteiger partial charge in [-0.1, -0.05) is 30.3 Å². The van der Waals surface area contributed by atoms with Gasteiger partial charge in [-0.15, -0.1) is 0 Å². The van der Waals surface area contributed by atoms with Crippen LogP contribution in [0.25, 0.3) is 0 Å². The minimum absolute atomic E-state index is 0.175. The van der Waals surface area contributed by atoms with Crippen LogP contribution in [0.3, 0.4) is 0 Å². The lowest BCUT2D eigenvalue weighted by Gasteiger charge is -2.28. The monoisotopic (exact) mass is 415 g/mol. The largest absolute Gasteiger partial charge is 0.334 e. The van der Waals surface area contributed by atoms with Gasteiger partial charge in [0.25, 0.3) is 5.91 Å². The van der Waals surface area contributed by atoms with Crippen molar-refractivity contribution in [3.63, 3.8) is 0 Å². The van der Waals surface area contributed by atoms with E-state index in [1.165, 1.54) is 6.92 Å².